The summed E-state index contributed by atoms with van der Waals surface area (Å²) in [6.07, 6.45) is 0.345. The third-order valence-corrected chi connectivity index (χ3v) is 4.80. The standard InChI is InChI=1S/C23H25N3O5/c1-5-19(22(27)31-6-2)26-23(28)24-20(15-7-11-17(29-3)12-8-15)21(25-26)16-9-13-18(30-4)14-10-16/h7-14,19H,5-6H2,1-4H3. The fraction of sp³-hybridized carbons (Fsp3) is 0.304. The van der Waals surface area contributed by atoms with E-state index in [0.717, 1.165) is 10.2 Å². The summed E-state index contributed by atoms with van der Waals surface area (Å²) in [5.74, 6) is 0.859. The van der Waals surface area contributed by atoms with Gasteiger partial charge in [0, 0.05) is 11.1 Å². The van der Waals surface area contributed by atoms with Crippen molar-refractivity contribution < 1.29 is 19.0 Å². The van der Waals surface area contributed by atoms with E-state index < -0.39 is 17.7 Å². The number of nitrogens with zero attached hydrogens (tertiary/aromatic N) is 3. The van der Waals surface area contributed by atoms with Crippen molar-refractivity contribution in [2.75, 3.05) is 20.8 Å². The molecule has 0 aliphatic rings. The summed E-state index contributed by atoms with van der Waals surface area (Å²) in [5, 5.41) is 4.56. The van der Waals surface area contributed by atoms with Crippen molar-refractivity contribution in [3.05, 3.63) is 59.0 Å². The lowest BCUT2D eigenvalue weighted by molar-refractivity contribution is -0.147. The molecule has 0 N–H and O–H groups in total. The number of methoxy groups -OCH3 is 2. The summed E-state index contributed by atoms with van der Waals surface area (Å²) >= 11 is 0. The number of carbonyl (C=O) groups excluding carboxylic acids is 1. The van der Waals surface area contributed by atoms with Crippen molar-refractivity contribution >= 4 is 5.97 Å². The number of ether oxygens (including phenoxy) is 3. The predicted octanol–water partition coefficient (Wildman–Crippen LogP) is 3.50. The molecular weight excluding hydrogens is 398 g/mol. The van der Waals surface area contributed by atoms with E-state index in [1.807, 2.05) is 24.3 Å². The maximum absolute atomic E-state index is 12.9. The first-order valence-corrected chi connectivity index (χ1v) is 9.98. The average molecular weight is 423 g/mol. The number of hydrogen-bond donors (Lipinski definition) is 0. The first-order chi connectivity index (χ1) is 15.0. The molecule has 0 fully saturated rings. The second-order valence-corrected chi connectivity index (χ2v) is 6.67. The van der Waals surface area contributed by atoms with Crippen LogP contribution in [0, 0.1) is 0 Å². The van der Waals surface area contributed by atoms with Crippen LogP contribution in [0.2, 0.25) is 0 Å². The van der Waals surface area contributed by atoms with Crippen molar-refractivity contribution in [3.63, 3.8) is 0 Å². The van der Waals surface area contributed by atoms with Crippen LogP contribution in [0.1, 0.15) is 26.3 Å². The van der Waals surface area contributed by atoms with Gasteiger partial charge in [0.15, 0.2) is 6.04 Å². The van der Waals surface area contributed by atoms with Crippen molar-refractivity contribution in [2.45, 2.75) is 26.3 Å². The number of rotatable bonds is 8. The zero-order chi connectivity index (χ0) is 22.4. The third-order valence-electron chi connectivity index (χ3n) is 4.80. The quantitative estimate of drug-likeness (QED) is 0.512. The van der Waals surface area contributed by atoms with Crippen molar-refractivity contribution in [2.24, 2.45) is 0 Å². The lowest BCUT2D eigenvalue weighted by atomic mass is 10.0. The molecule has 31 heavy (non-hydrogen) atoms. The highest BCUT2D eigenvalue weighted by atomic mass is 16.5. The van der Waals surface area contributed by atoms with Crippen LogP contribution in [-0.2, 0) is 9.53 Å². The van der Waals surface area contributed by atoms with Crippen LogP contribution in [0.4, 0.5) is 0 Å². The molecule has 0 amide bonds. The lowest BCUT2D eigenvalue weighted by Crippen LogP contribution is -2.35. The Bertz CT molecular complexity index is 1090. The molecule has 3 rings (SSSR count). The molecule has 0 aliphatic heterocycles. The van der Waals surface area contributed by atoms with Crippen LogP contribution in [0.5, 0.6) is 11.5 Å². The van der Waals surface area contributed by atoms with Gasteiger partial charge in [0.1, 0.15) is 22.9 Å². The molecule has 0 saturated heterocycles. The molecule has 2 aromatic carbocycles. The summed E-state index contributed by atoms with van der Waals surface area (Å²) in [4.78, 5) is 29.6. The van der Waals surface area contributed by atoms with Crippen molar-refractivity contribution in [3.8, 4) is 34.0 Å². The minimum atomic E-state index is -0.859. The van der Waals surface area contributed by atoms with E-state index in [9.17, 15) is 9.59 Å². The SMILES string of the molecule is CCOC(=O)C(CC)n1nc(-c2ccc(OC)cc2)c(-c2ccc(OC)cc2)nc1=O. The van der Waals surface area contributed by atoms with Gasteiger partial charge in [-0.3, -0.25) is 0 Å². The van der Waals surface area contributed by atoms with E-state index >= 15 is 0 Å². The smallest absolute Gasteiger partial charge is 0.365 e. The molecule has 0 aliphatic carbocycles. The number of aromatic nitrogens is 3. The minimum absolute atomic E-state index is 0.215. The Morgan fingerprint density at radius 3 is 1.87 bits per heavy atom. The Hall–Kier alpha value is -3.68. The zero-order valence-electron chi connectivity index (χ0n) is 18.0. The van der Waals surface area contributed by atoms with Gasteiger partial charge < -0.3 is 14.2 Å². The van der Waals surface area contributed by atoms with E-state index in [4.69, 9.17) is 14.2 Å². The van der Waals surface area contributed by atoms with Crippen LogP contribution in [0.3, 0.4) is 0 Å². The highest BCUT2D eigenvalue weighted by Crippen LogP contribution is 2.30. The minimum Gasteiger partial charge on any atom is -0.497 e. The van der Waals surface area contributed by atoms with Gasteiger partial charge in [-0.1, -0.05) is 6.92 Å². The van der Waals surface area contributed by atoms with Crippen LogP contribution in [-0.4, -0.2) is 41.6 Å². The molecule has 3 aromatic rings. The second kappa shape index (κ2) is 9.88. The summed E-state index contributed by atoms with van der Waals surface area (Å²) in [6.45, 7) is 3.72. The highest BCUT2D eigenvalue weighted by Gasteiger charge is 2.25. The molecule has 0 bridgehead atoms. The summed E-state index contributed by atoms with van der Waals surface area (Å²) in [7, 11) is 3.17. The molecular formula is C23H25N3O5. The van der Waals surface area contributed by atoms with Crippen LogP contribution in [0.25, 0.3) is 22.5 Å². The molecule has 1 heterocycles. The number of hydrogen-bond acceptors (Lipinski definition) is 7. The van der Waals surface area contributed by atoms with E-state index in [2.05, 4.69) is 10.1 Å². The topological polar surface area (TPSA) is 92.5 Å². The van der Waals surface area contributed by atoms with Crippen LogP contribution < -0.4 is 15.2 Å². The monoisotopic (exact) mass is 423 g/mol. The summed E-state index contributed by atoms with van der Waals surface area (Å²) < 4.78 is 16.7. The molecule has 8 heteroatoms. The third kappa shape index (κ3) is 4.74. The first-order valence-electron chi connectivity index (χ1n) is 9.98. The average Bonchev–Trinajstić information content (AvgIpc) is 2.80. The van der Waals surface area contributed by atoms with Gasteiger partial charge in [0.2, 0.25) is 0 Å². The zero-order valence-corrected chi connectivity index (χ0v) is 18.0. The molecule has 0 radical (unpaired) electrons. The molecule has 1 unspecified atom stereocenters. The van der Waals surface area contributed by atoms with Crippen molar-refractivity contribution in [1.29, 1.82) is 0 Å². The Kier molecular flexibility index (Phi) is 7.02. The van der Waals surface area contributed by atoms with Crippen LogP contribution in [0.15, 0.2) is 53.3 Å². The Balaban J connectivity index is 2.20. The molecule has 162 valence electrons. The lowest BCUT2D eigenvalue weighted by Gasteiger charge is -2.17. The van der Waals surface area contributed by atoms with Gasteiger partial charge in [-0.2, -0.15) is 14.8 Å². The van der Waals surface area contributed by atoms with Gasteiger partial charge in [0.05, 0.1) is 20.8 Å². The normalized spacial score (nSPS) is 11.6. The van der Waals surface area contributed by atoms with Gasteiger partial charge in [0.25, 0.3) is 0 Å². The maximum Gasteiger partial charge on any atom is 0.365 e. The molecule has 0 saturated carbocycles. The molecule has 1 atom stereocenters. The van der Waals surface area contributed by atoms with Gasteiger partial charge in [-0.15, -0.1) is 0 Å². The van der Waals surface area contributed by atoms with Gasteiger partial charge in [-0.05, 0) is 61.9 Å². The van der Waals surface area contributed by atoms with Crippen molar-refractivity contribution in [1.82, 2.24) is 14.8 Å². The largest absolute Gasteiger partial charge is 0.497 e. The summed E-state index contributed by atoms with van der Waals surface area (Å²) in [6, 6.07) is 13.6. The van der Waals surface area contributed by atoms with Gasteiger partial charge in [-0.25, -0.2) is 9.59 Å². The fourth-order valence-electron chi connectivity index (χ4n) is 3.17. The molecule has 0 spiro atoms. The maximum atomic E-state index is 12.9. The Morgan fingerprint density at radius 1 is 0.903 bits per heavy atom. The Morgan fingerprint density at radius 2 is 1.42 bits per heavy atom. The van der Waals surface area contributed by atoms with Gasteiger partial charge >= 0.3 is 11.7 Å². The van der Waals surface area contributed by atoms with E-state index in [1.54, 1.807) is 52.3 Å². The molecule has 8 nitrogen and oxygen atoms in total. The number of carbonyl (C=O) groups is 1. The second-order valence-electron chi connectivity index (χ2n) is 6.67. The predicted molar refractivity (Wildman–Crippen MR) is 116 cm³/mol. The number of esters is 1. The fourth-order valence-corrected chi connectivity index (χ4v) is 3.17. The Labute approximate surface area is 180 Å². The van der Waals surface area contributed by atoms with E-state index in [1.165, 1.54) is 0 Å². The van der Waals surface area contributed by atoms with E-state index in [0.29, 0.717) is 34.9 Å². The first kappa shape index (κ1) is 22.0. The van der Waals surface area contributed by atoms with Crippen LogP contribution >= 0.6 is 0 Å². The highest BCUT2D eigenvalue weighted by molar-refractivity contribution is 5.78. The molecule has 1 aromatic heterocycles. The van der Waals surface area contributed by atoms with E-state index in [-0.39, 0.29) is 6.61 Å². The number of benzene rings is 2. The summed E-state index contributed by atoms with van der Waals surface area (Å²) in [5.41, 5.74) is 1.69.